The van der Waals surface area contributed by atoms with E-state index in [-0.39, 0.29) is 12.5 Å². The summed E-state index contributed by atoms with van der Waals surface area (Å²) in [5.41, 5.74) is 1.47. The molecule has 2 unspecified atom stereocenters. The molecule has 0 heterocycles. The lowest BCUT2D eigenvalue weighted by Crippen LogP contribution is -2.30. The third-order valence-electron chi connectivity index (χ3n) is 2.76. The summed E-state index contributed by atoms with van der Waals surface area (Å²) in [4.78, 5) is 11.4. The van der Waals surface area contributed by atoms with Crippen molar-refractivity contribution < 1.29 is 19.7 Å². The van der Waals surface area contributed by atoms with Crippen LogP contribution in [0.25, 0.3) is 0 Å². The minimum Gasteiger partial charge on any atom is -0.464 e. The highest BCUT2D eigenvalue weighted by atomic mass is 16.5. The quantitative estimate of drug-likeness (QED) is 0.784. The maximum Gasteiger partial charge on any atom is 0.338 e. The summed E-state index contributed by atoms with van der Waals surface area (Å²) < 4.78 is 4.70. The summed E-state index contributed by atoms with van der Waals surface area (Å²) in [5.74, 6) is -0.603. The molecule has 0 spiro atoms. The smallest absolute Gasteiger partial charge is 0.338 e. The van der Waals surface area contributed by atoms with E-state index in [0.29, 0.717) is 5.56 Å². The molecule has 1 rings (SSSR count). The second kappa shape index (κ2) is 6.52. The van der Waals surface area contributed by atoms with Crippen LogP contribution in [0, 0.1) is 0 Å². The lowest BCUT2D eigenvalue weighted by atomic mass is 9.92. The Labute approximate surface area is 107 Å². The molecule has 0 saturated heterocycles. The van der Waals surface area contributed by atoms with E-state index in [1.54, 1.807) is 19.1 Å². The summed E-state index contributed by atoms with van der Waals surface area (Å²) in [6.07, 6.45) is -2.81. The molecule has 0 aliphatic carbocycles. The van der Waals surface area contributed by atoms with Crippen molar-refractivity contribution in [3.8, 4) is 0 Å². The number of carbonyl (C=O) groups excluding carboxylic acids is 1. The first kappa shape index (κ1) is 14.7. The van der Waals surface area contributed by atoms with Crippen molar-refractivity contribution in [2.75, 3.05) is 6.61 Å². The van der Waals surface area contributed by atoms with E-state index in [1.807, 2.05) is 26.0 Å². The van der Waals surface area contributed by atoms with Gasteiger partial charge in [0.2, 0.25) is 0 Å². The van der Waals surface area contributed by atoms with Crippen molar-refractivity contribution in [1.82, 2.24) is 0 Å². The first-order valence-electron chi connectivity index (χ1n) is 6.10. The van der Waals surface area contributed by atoms with E-state index < -0.39 is 18.2 Å². The van der Waals surface area contributed by atoms with Crippen LogP contribution in [0.4, 0.5) is 0 Å². The molecule has 1 aromatic carbocycles. The molecule has 0 fully saturated rings. The lowest BCUT2D eigenvalue weighted by molar-refractivity contribution is -0.159. The number of esters is 1. The van der Waals surface area contributed by atoms with E-state index >= 15 is 0 Å². The fourth-order valence-corrected chi connectivity index (χ4v) is 1.83. The van der Waals surface area contributed by atoms with Gasteiger partial charge in [0, 0.05) is 0 Å². The van der Waals surface area contributed by atoms with Crippen LogP contribution in [-0.4, -0.2) is 28.9 Å². The molecule has 1 aromatic rings. The number of ether oxygens (including phenoxy) is 1. The zero-order chi connectivity index (χ0) is 13.7. The number of hydrogen-bond acceptors (Lipinski definition) is 4. The zero-order valence-corrected chi connectivity index (χ0v) is 11.0. The third-order valence-corrected chi connectivity index (χ3v) is 2.76. The minimum absolute atomic E-state index is 0.175. The maximum atomic E-state index is 11.4. The first-order valence-corrected chi connectivity index (χ1v) is 6.10. The number of aliphatic hydroxyl groups excluding tert-OH is 2. The Morgan fingerprint density at radius 3 is 2.28 bits per heavy atom. The van der Waals surface area contributed by atoms with Gasteiger partial charge in [0.15, 0.2) is 6.10 Å². The van der Waals surface area contributed by atoms with Crippen molar-refractivity contribution in [2.45, 2.75) is 38.9 Å². The molecule has 0 bridgehead atoms. The monoisotopic (exact) mass is 252 g/mol. The van der Waals surface area contributed by atoms with Crippen LogP contribution in [0.1, 0.15) is 43.9 Å². The van der Waals surface area contributed by atoms with Crippen LogP contribution in [-0.2, 0) is 9.53 Å². The Bertz CT molecular complexity index is 401. The van der Waals surface area contributed by atoms with E-state index in [0.717, 1.165) is 5.56 Å². The molecule has 0 saturated carbocycles. The first-order chi connectivity index (χ1) is 8.49. The summed E-state index contributed by atoms with van der Waals surface area (Å²) >= 11 is 0. The van der Waals surface area contributed by atoms with Gasteiger partial charge >= 0.3 is 5.97 Å². The summed E-state index contributed by atoms with van der Waals surface area (Å²) in [7, 11) is 0. The third kappa shape index (κ3) is 3.31. The van der Waals surface area contributed by atoms with Crippen LogP contribution in [0.15, 0.2) is 24.3 Å². The van der Waals surface area contributed by atoms with E-state index in [4.69, 9.17) is 4.74 Å². The Morgan fingerprint density at radius 2 is 1.78 bits per heavy atom. The number of rotatable bonds is 5. The minimum atomic E-state index is -1.55. The van der Waals surface area contributed by atoms with Gasteiger partial charge in [-0.2, -0.15) is 0 Å². The van der Waals surface area contributed by atoms with Gasteiger partial charge in [-0.1, -0.05) is 38.1 Å². The van der Waals surface area contributed by atoms with Crippen LogP contribution in [0.2, 0.25) is 0 Å². The zero-order valence-electron chi connectivity index (χ0n) is 11.0. The molecular weight excluding hydrogens is 232 g/mol. The fourth-order valence-electron chi connectivity index (χ4n) is 1.83. The van der Waals surface area contributed by atoms with Gasteiger partial charge in [-0.25, -0.2) is 4.79 Å². The number of carbonyl (C=O) groups is 1. The molecule has 100 valence electrons. The highest BCUT2D eigenvalue weighted by Crippen LogP contribution is 2.27. The van der Waals surface area contributed by atoms with Crippen molar-refractivity contribution in [2.24, 2.45) is 0 Å². The molecule has 4 heteroatoms. The molecule has 4 nitrogen and oxygen atoms in total. The molecule has 2 atom stereocenters. The molecule has 2 N–H and O–H groups in total. The topological polar surface area (TPSA) is 66.8 Å². The Kier molecular flexibility index (Phi) is 5.31. The number of benzene rings is 1. The summed E-state index contributed by atoms with van der Waals surface area (Å²) in [6, 6.07) is 7.22. The average Bonchev–Trinajstić information content (AvgIpc) is 2.37. The standard InChI is InChI=1S/C14H20O4/c1-4-18-14(17)13(16)12(15)11-8-6-5-7-10(11)9(2)3/h5-9,12-13,15-16H,4H2,1-3H3. The van der Waals surface area contributed by atoms with Crippen LogP contribution in [0.5, 0.6) is 0 Å². The van der Waals surface area contributed by atoms with Gasteiger partial charge < -0.3 is 14.9 Å². The Balaban J connectivity index is 2.96. The molecule has 0 aliphatic rings. The van der Waals surface area contributed by atoms with Gasteiger partial charge in [-0.05, 0) is 24.0 Å². The van der Waals surface area contributed by atoms with Crippen LogP contribution >= 0.6 is 0 Å². The second-order valence-electron chi connectivity index (χ2n) is 4.43. The normalized spacial score (nSPS) is 14.3. The predicted octanol–water partition coefficient (Wildman–Crippen LogP) is 1.77. The van der Waals surface area contributed by atoms with Crippen molar-refractivity contribution in [3.63, 3.8) is 0 Å². The average molecular weight is 252 g/mol. The Morgan fingerprint density at radius 1 is 1.22 bits per heavy atom. The van der Waals surface area contributed by atoms with E-state index in [9.17, 15) is 15.0 Å². The van der Waals surface area contributed by atoms with Gasteiger partial charge in [0.05, 0.1) is 6.61 Å². The molecule has 0 aliphatic heterocycles. The highest BCUT2D eigenvalue weighted by molar-refractivity contribution is 5.75. The fraction of sp³-hybridized carbons (Fsp3) is 0.500. The molecule has 0 aromatic heterocycles. The van der Waals surface area contributed by atoms with E-state index in [1.165, 1.54) is 0 Å². The second-order valence-corrected chi connectivity index (χ2v) is 4.43. The van der Waals surface area contributed by atoms with Gasteiger partial charge in [0.1, 0.15) is 6.10 Å². The Hall–Kier alpha value is -1.39. The van der Waals surface area contributed by atoms with Crippen molar-refractivity contribution in [1.29, 1.82) is 0 Å². The van der Waals surface area contributed by atoms with Gasteiger partial charge in [-0.15, -0.1) is 0 Å². The largest absolute Gasteiger partial charge is 0.464 e. The van der Waals surface area contributed by atoms with E-state index in [2.05, 4.69) is 0 Å². The molecular formula is C14H20O4. The van der Waals surface area contributed by atoms with Crippen molar-refractivity contribution in [3.05, 3.63) is 35.4 Å². The van der Waals surface area contributed by atoms with Crippen molar-refractivity contribution >= 4 is 5.97 Å². The lowest BCUT2D eigenvalue weighted by Gasteiger charge is -2.21. The number of aliphatic hydroxyl groups is 2. The molecule has 0 radical (unpaired) electrons. The number of hydrogen-bond donors (Lipinski definition) is 2. The van der Waals surface area contributed by atoms with Gasteiger partial charge in [0.25, 0.3) is 0 Å². The van der Waals surface area contributed by atoms with Crippen LogP contribution in [0.3, 0.4) is 0 Å². The predicted molar refractivity (Wildman–Crippen MR) is 68.1 cm³/mol. The maximum absolute atomic E-state index is 11.4. The highest BCUT2D eigenvalue weighted by Gasteiger charge is 2.28. The van der Waals surface area contributed by atoms with Crippen LogP contribution < -0.4 is 0 Å². The van der Waals surface area contributed by atoms with Gasteiger partial charge in [-0.3, -0.25) is 0 Å². The summed E-state index contributed by atoms with van der Waals surface area (Å²) in [5, 5.41) is 19.8. The molecule has 18 heavy (non-hydrogen) atoms. The summed E-state index contributed by atoms with van der Waals surface area (Å²) in [6.45, 7) is 5.80. The SMILES string of the molecule is CCOC(=O)C(O)C(O)c1ccccc1C(C)C. The molecule has 0 amide bonds.